The van der Waals surface area contributed by atoms with Gasteiger partial charge in [0, 0.05) is 14.6 Å². The molecule has 0 amide bonds. The second-order valence-electron chi connectivity index (χ2n) is 4.87. The number of hydrogen-bond donors (Lipinski definition) is 0. The number of fused-ring (bicyclic) bond motifs is 1. The van der Waals surface area contributed by atoms with Crippen molar-refractivity contribution in [3.63, 3.8) is 0 Å². The number of para-hydroxylation sites is 1. The lowest BCUT2D eigenvalue weighted by molar-refractivity contribution is -0.133. The summed E-state index contributed by atoms with van der Waals surface area (Å²) >= 11 is 13.6. The molecule has 0 aliphatic rings. The first kappa shape index (κ1) is 15.3. The van der Waals surface area contributed by atoms with E-state index in [0.29, 0.717) is 15.8 Å². The maximum Gasteiger partial charge on any atom is 0.316 e. The standard InChI is InChI=1S/C17H12Cl2O2S/c1-10-12-8-11(18)6-7-15(12)22-16(10)9-17(20)21-14-5-3-2-4-13(14)19/h2-8H,9H2,1H3. The largest absolute Gasteiger partial charge is 0.425 e. The van der Waals surface area contributed by atoms with Gasteiger partial charge in [0.25, 0.3) is 0 Å². The molecule has 0 radical (unpaired) electrons. The average Bonchev–Trinajstić information content (AvgIpc) is 2.78. The molecule has 1 heterocycles. The molecule has 3 aromatic rings. The summed E-state index contributed by atoms with van der Waals surface area (Å²) < 4.78 is 6.45. The summed E-state index contributed by atoms with van der Waals surface area (Å²) in [5.41, 5.74) is 1.07. The van der Waals surface area contributed by atoms with Crippen molar-refractivity contribution in [1.29, 1.82) is 0 Å². The average molecular weight is 351 g/mol. The second kappa shape index (κ2) is 6.29. The van der Waals surface area contributed by atoms with E-state index in [2.05, 4.69) is 0 Å². The van der Waals surface area contributed by atoms with Crippen LogP contribution in [0.5, 0.6) is 5.75 Å². The van der Waals surface area contributed by atoms with E-state index >= 15 is 0 Å². The Morgan fingerprint density at radius 1 is 1.18 bits per heavy atom. The van der Waals surface area contributed by atoms with E-state index < -0.39 is 0 Å². The van der Waals surface area contributed by atoms with Gasteiger partial charge in [-0.3, -0.25) is 4.79 Å². The van der Waals surface area contributed by atoms with E-state index in [9.17, 15) is 4.79 Å². The molecule has 22 heavy (non-hydrogen) atoms. The number of thiophene rings is 1. The Hall–Kier alpha value is -1.55. The first-order valence-electron chi connectivity index (χ1n) is 6.67. The van der Waals surface area contributed by atoms with Crippen LogP contribution in [0.4, 0.5) is 0 Å². The fraction of sp³-hybridized carbons (Fsp3) is 0.118. The fourth-order valence-electron chi connectivity index (χ4n) is 2.23. The number of rotatable bonds is 3. The Labute approximate surface area is 142 Å². The summed E-state index contributed by atoms with van der Waals surface area (Å²) in [6.07, 6.45) is 0.216. The third kappa shape index (κ3) is 3.12. The molecule has 0 unspecified atom stereocenters. The molecular weight excluding hydrogens is 339 g/mol. The van der Waals surface area contributed by atoms with E-state index in [-0.39, 0.29) is 12.4 Å². The molecule has 0 N–H and O–H groups in total. The Balaban J connectivity index is 1.82. The van der Waals surface area contributed by atoms with Gasteiger partial charge in [-0.25, -0.2) is 0 Å². The molecule has 0 bridgehead atoms. The van der Waals surface area contributed by atoms with Crippen LogP contribution in [0.3, 0.4) is 0 Å². The van der Waals surface area contributed by atoms with Crippen molar-refractivity contribution in [3.05, 3.63) is 63.0 Å². The minimum atomic E-state index is -0.325. The van der Waals surface area contributed by atoms with Crippen LogP contribution >= 0.6 is 34.5 Å². The lowest BCUT2D eigenvalue weighted by Gasteiger charge is -2.05. The van der Waals surface area contributed by atoms with E-state index in [0.717, 1.165) is 20.5 Å². The van der Waals surface area contributed by atoms with Gasteiger partial charge in [-0.1, -0.05) is 35.3 Å². The zero-order chi connectivity index (χ0) is 15.7. The van der Waals surface area contributed by atoms with Crippen molar-refractivity contribution in [1.82, 2.24) is 0 Å². The van der Waals surface area contributed by atoms with Crippen molar-refractivity contribution in [3.8, 4) is 5.75 Å². The molecule has 2 aromatic carbocycles. The number of hydrogen-bond acceptors (Lipinski definition) is 3. The Kier molecular flexibility index (Phi) is 4.39. The maximum absolute atomic E-state index is 12.1. The Morgan fingerprint density at radius 2 is 1.95 bits per heavy atom. The number of ether oxygens (including phenoxy) is 1. The molecule has 1 aromatic heterocycles. The number of esters is 1. The number of halogens is 2. The van der Waals surface area contributed by atoms with Crippen LogP contribution in [0.2, 0.25) is 10.0 Å². The first-order chi connectivity index (χ1) is 10.5. The van der Waals surface area contributed by atoms with Gasteiger partial charge in [0.05, 0.1) is 11.4 Å². The summed E-state index contributed by atoms with van der Waals surface area (Å²) in [5, 5.41) is 2.20. The van der Waals surface area contributed by atoms with Gasteiger partial charge in [0.1, 0.15) is 5.75 Å². The van der Waals surface area contributed by atoms with Crippen LogP contribution in [-0.4, -0.2) is 5.97 Å². The van der Waals surface area contributed by atoms with Gasteiger partial charge < -0.3 is 4.74 Å². The summed E-state index contributed by atoms with van der Waals surface area (Å²) in [4.78, 5) is 13.1. The molecule has 5 heteroatoms. The number of carbonyl (C=O) groups is 1. The molecule has 0 aliphatic heterocycles. The van der Waals surface area contributed by atoms with E-state index in [1.54, 1.807) is 35.6 Å². The molecule has 0 spiro atoms. The van der Waals surface area contributed by atoms with Gasteiger partial charge in [0.2, 0.25) is 0 Å². The lowest BCUT2D eigenvalue weighted by Crippen LogP contribution is -2.11. The predicted molar refractivity (Wildman–Crippen MR) is 92.4 cm³/mol. The van der Waals surface area contributed by atoms with E-state index in [4.69, 9.17) is 27.9 Å². The quantitative estimate of drug-likeness (QED) is 0.449. The molecule has 2 nitrogen and oxygen atoms in total. The highest BCUT2D eigenvalue weighted by Gasteiger charge is 2.15. The van der Waals surface area contributed by atoms with Crippen LogP contribution in [0.1, 0.15) is 10.4 Å². The Bertz CT molecular complexity index is 855. The highest BCUT2D eigenvalue weighted by Crippen LogP contribution is 2.33. The van der Waals surface area contributed by atoms with Crippen molar-refractivity contribution in [2.75, 3.05) is 0 Å². The van der Waals surface area contributed by atoms with Gasteiger partial charge >= 0.3 is 5.97 Å². The van der Waals surface area contributed by atoms with Crippen LogP contribution in [0.15, 0.2) is 42.5 Å². The van der Waals surface area contributed by atoms with Gasteiger partial charge in [0.15, 0.2) is 0 Å². The third-order valence-electron chi connectivity index (χ3n) is 3.36. The van der Waals surface area contributed by atoms with E-state index in [1.807, 2.05) is 25.1 Å². The number of aryl methyl sites for hydroxylation is 1. The molecule has 0 atom stereocenters. The molecule has 0 saturated heterocycles. The zero-order valence-corrected chi connectivity index (χ0v) is 14.1. The van der Waals surface area contributed by atoms with Gasteiger partial charge in [-0.2, -0.15) is 0 Å². The minimum Gasteiger partial charge on any atom is -0.425 e. The second-order valence-corrected chi connectivity index (χ2v) is 6.85. The molecule has 0 aliphatic carbocycles. The van der Waals surface area contributed by atoms with Crippen LogP contribution in [0.25, 0.3) is 10.1 Å². The van der Waals surface area contributed by atoms with Crippen LogP contribution in [0, 0.1) is 6.92 Å². The smallest absolute Gasteiger partial charge is 0.316 e. The summed E-state index contributed by atoms with van der Waals surface area (Å²) in [5.74, 6) is 0.0600. The highest BCUT2D eigenvalue weighted by molar-refractivity contribution is 7.19. The third-order valence-corrected chi connectivity index (χ3v) is 5.18. The monoisotopic (exact) mass is 350 g/mol. The fourth-order valence-corrected chi connectivity index (χ4v) is 3.75. The van der Waals surface area contributed by atoms with Gasteiger partial charge in [-0.05, 0) is 48.2 Å². The number of carbonyl (C=O) groups excluding carboxylic acids is 1. The highest BCUT2D eigenvalue weighted by atomic mass is 35.5. The summed E-state index contributed by atoms with van der Waals surface area (Å²) in [6, 6.07) is 12.7. The molecule has 112 valence electrons. The topological polar surface area (TPSA) is 26.3 Å². The van der Waals surface area contributed by atoms with Crippen LogP contribution in [-0.2, 0) is 11.2 Å². The number of benzene rings is 2. The van der Waals surface area contributed by atoms with Gasteiger partial charge in [-0.15, -0.1) is 11.3 Å². The SMILES string of the molecule is Cc1c(CC(=O)Oc2ccccc2Cl)sc2ccc(Cl)cc12. The summed E-state index contributed by atoms with van der Waals surface area (Å²) in [6.45, 7) is 1.99. The van der Waals surface area contributed by atoms with Crippen molar-refractivity contribution in [2.45, 2.75) is 13.3 Å². The normalized spacial score (nSPS) is 10.9. The predicted octanol–water partition coefficient (Wildman–Crippen LogP) is 5.66. The van der Waals surface area contributed by atoms with Crippen molar-refractivity contribution >= 4 is 50.6 Å². The Morgan fingerprint density at radius 3 is 2.73 bits per heavy atom. The molecule has 0 fully saturated rings. The molecule has 3 rings (SSSR count). The van der Waals surface area contributed by atoms with E-state index in [1.165, 1.54) is 0 Å². The lowest BCUT2D eigenvalue weighted by atomic mass is 10.1. The maximum atomic E-state index is 12.1. The summed E-state index contributed by atoms with van der Waals surface area (Å²) in [7, 11) is 0. The van der Waals surface area contributed by atoms with Crippen molar-refractivity contribution in [2.24, 2.45) is 0 Å². The van der Waals surface area contributed by atoms with Crippen molar-refractivity contribution < 1.29 is 9.53 Å². The molecule has 0 saturated carbocycles. The molecular formula is C17H12Cl2O2S. The first-order valence-corrected chi connectivity index (χ1v) is 8.24. The van der Waals surface area contributed by atoms with Crippen LogP contribution < -0.4 is 4.74 Å². The minimum absolute atomic E-state index is 0.216. The zero-order valence-electron chi connectivity index (χ0n) is 11.7.